The standard InChI is InChI=1S/C20H23NO2/c1-20(2,3)16-12-10-15(11-13-16)7-6-14-21-18-9-5-4-8-17(18)19(22)23/h4-13,21H,14H2,1-3H3,(H,22,23)/b7-6+. The SMILES string of the molecule is CC(C)(C)c1ccc(/C=C/CNc2ccccc2C(=O)O)cc1. The van der Waals surface area contributed by atoms with E-state index < -0.39 is 5.97 Å². The number of rotatable bonds is 5. The lowest BCUT2D eigenvalue weighted by Crippen LogP contribution is -2.10. The zero-order valence-electron chi connectivity index (χ0n) is 13.8. The van der Waals surface area contributed by atoms with Gasteiger partial charge < -0.3 is 10.4 Å². The summed E-state index contributed by atoms with van der Waals surface area (Å²) in [5, 5.41) is 12.3. The van der Waals surface area contributed by atoms with Crippen molar-refractivity contribution in [2.45, 2.75) is 26.2 Å². The first-order valence-electron chi connectivity index (χ1n) is 7.71. The molecule has 0 fully saturated rings. The molecule has 0 aliphatic carbocycles. The monoisotopic (exact) mass is 309 g/mol. The zero-order valence-corrected chi connectivity index (χ0v) is 13.8. The van der Waals surface area contributed by atoms with E-state index in [9.17, 15) is 4.79 Å². The van der Waals surface area contributed by atoms with Gasteiger partial charge >= 0.3 is 5.97 Å². The van der Waals surface area contributed by atoms with Gasteiger partial charge in [-0.25, -0.2) is 4.79 Å². The minimum Gasteiger partial charge on any atom is -0.478 e. The van der Waals surface area contributed by atoms with Crippen LogP contribution in [0.2, 0.25) is 0 Å². The Labute approximate surface area is 137 Å². The summed E-state index contributed by atoms with van der Waals surface area (Å²) in [6.07, 6.45) is 4.02. The smallest absolute Gasteiger partial charge is 0.337 e. The average molecular weight is 309 g/mol. The van der Waals surface area contributed by atoms with Crippen molar-refractivity contribution in [2.24, 2.45) is 0 Å². The van der Waals surface area contributed by atoms with Crippen LogP contribution in [-0.4, -0.2) is 17.6 Å². The fourth-order valence-corrected chi connectivity index (χ4v) is 2.28. The van der Waals surface area contributed by atoms with E-state index in [2.05, 4.69) is 50.4 Å². The van der Waals surface area contributed by atoms with Gasteiger partial charge in [0.05, 0.1) is 5.56 Å². The van der Waals surface area contributed by atoms with Crippen LogP contribution in [0.3, 0.4) is 0 Å². The lowest BCUT2D eigenvalue weighted by atomic mass is 9.87. The summed E-state index contributed by atoms with van der Waals surface area (Å²) >= 11 is 0. The van der Waals surface area contributed by atoms with E-state index in [1.165, 1.54) is 5.56 Å². The Bertz CT molecular complexity index is 694. The molecule has 0 aliphatic heterocycles. The molecular formula is C20H23NO2. The van der Waals surface area contributed by atoms with E-state index in [0.29, 0.717) is 12.2 Å². The molecule has 0 aromatic heterocycles. The van der Waals surface area contributed by atoms with E-state index in [1.807, 2.05) is 18.2 Å². The Hall–Kier alpha value is -2.55. The summed E-state index contributed by atoms with van der Waals surface area (Å²) in [6.45, 7) is 7.16. The Balaban J connectivity index is 1.96. The summed E-state index contributed by atoms with van der Waals surface area (Å²) in [5.41, 5.74) is 3.52. The Morgan fingerprint density at radius 3 is 2.35 bits per heavy atom. The molecule has 2 aromatic rings. The van der Waals surface area contributed by atoms with Gasteiger partial charge in [0.15, 0.2) is 0 Å². The van der Waals surface area contributed by atoms with Gasteiger partial charge in [-0.05, 0) is 28.7 Å². The molecule has 2 N–H and O–H groups in total. The largest absolute Gasteiger partial charge is 0.478 e. The zero-order chi connectivity index (χ0) is 16.9. The van der Waals surface area contributed by atoms with Crippen molar-refractivity contribution in [1.82, 2.24) is 0 Å². The number of carboxylic acids is 1. The number of anilines is 1. The number of nitrogens with one attached hydrogen (secondary N) is 1. The van der Waals surface area contributed by atoms with Crippen LogP contribution in [0.5, 0.6) is 0 Å². The molecule has 0 saturated carbocycles. The molecule has 0 saturated heterocycles. The first-order valence-corrected chi connectivity index (χ1v) is 7.71. The molecule has 3 nitrogen and oxygen atoms in total. The van der Waals surface area contributed by atoms with Crippen molar-refractivity contribution in [3.8, 4) is 0 Å². The summed E-state index contributed by atoms with van der Waals surface area (Å²) in [4.78, 5) is 11.1. The van der Waals surface area contributed by atoms with Gasteiger partial charge in [0, 0.05) is 12.2 Å². The average Bonchev–Trinajstić information content (AvgIpc) is 2.51. The lowest BCUT2D eigenvalue weighted by molar-refractivity contribution is 0.0698. The van der Waals surface area contributed by atoms with Crippen molar-refractivity contribution in [2.75, 3.05) is 11.9 Å². The first-order chi connectivity index (χ1) is 10.9. The number of para-hydroxylation sites is 1. The van der Waals surface area contributed by atoms with Crippen LogP contribution in [0.4, 0.5) is 5.69 Å². The maximum Gasteiger partial charge on any atom is 0.337 e. The van der Waals surface area contributed by atoms with Crippen LogP contribution in [0.15, 0.2) is 54.6 Å². The van der Waals surface area contributed by atoms with E-state index >= 15 is 0 Å². The fourth-order valence-electron chi connectivity index (χ4n) is 2.28. The van der Waals surface area contributed by atoms with Crippen LogP contribution in [0.1, 0.15) is 42.3 Å². The minimum absolute atomic E-state index is 0.157. The lowest BCUT2D eigenvalue weighted by Gasteiger charge is -2.18. The summed E-state index contributed by atoms with van der Waals surface area (Å²) in [7, 11) is 0. The second-order valence-corrected chi connectivity index (χ2v) is 6.51. The molecule has 0 heterocycles. The number of carbonyl (C=O) groups is 1. The highest BCUT2D eigenvalue weighted by Gasteiger charge is 2.12. The number of aromatic carboxylic acids is 1. The molecule has 0 unspecified atom stereocenters. The Kier molecular flexibility index (Phi) is 5.22. The summed E-state index contributed by atoms with van der Waals surface area (Å²) in [5.74, 6) is -0.921. The topological polar surface area (TPSA) is 49.3 Å². The molecule has 0 aliphatic rings. The number of hydrogen-bond acceptors (Lipinski definition) is 2. The third-order valence-corrected chi connectivity index (χ3v) is 3.65. The quantitative estimate of drug-likeness (QED) is 0.833. The van der Waals surface area contributed by atoms with Gasteiger partial charge in [-0.15, -0.1) is 0 Å². The Morgan fingerprint density at radius 1 is 1.09 bits per heavy atom. The molecule has 3 heteroatoms. The van der Waals surface area contributed by atoms with Crippen molar-refractivity contribution in [3.63, 3.8) is 0 Å². The van der Waals surface area contributed by atoms with E-state index in [0.717, 1.165) is 5.56 Å². The van der Waals surface area contributed by atoms with Gasteiger partial charge in [-0.3, -0.25) is 0 Å². The van der Waals surface area contributed by atoms with Gasteiger partial charge in [0.25, 0.3) is 0 Å². The second-order valence-electron chi connectivity index (χ2n) is 6.51. The van der Waals surface area contributed by atoms with Crippen molar-refractivity contribution in [1.29, 1.82) is 0 Å². The van der Waals surface area contributed by atoms with Crippen LogP contribution >= 0.6 is 0 Å². The molecule has 2 rings (SSSR count). The van der Waals surface area contributed by atoms with Gasteiger partial charge in [-0.2, -0.15) is 0 Å². The van der Waals surface area contributed by atoms with Crippen LogP contribution < -0.4 is 5.32 Å². The third-order valence-electron chi connectivity index (χ3n) is 3.65. The van der Waals surface area contributed by atoms with Crippen LogP contribution in [-0.2, 0) is 5.41 Å². The highest BCUT2D eigenvalue weighted by Crippen LogP contribution is 2.22. The van der Waals surface area contributed by atoms with Gasteiger partial charge in [0.2, 0.25) is 0 Å². The molecule has 0 bridgehead atoms. The molecular weight excluding hydrogens is 286 g/mol. The molecule has 0 amide bonds. The summed E-state index contributed by atoms with van der Waals surface area (Å²) in [6, 6.07) is 15.4. The minimum atomic E-state index is -0.921. The molecule has 0 atom stereocenters. The van der Waals surface area contributed by atoms with Gasteiger partial charge in [0.1, 0.15) is 0 Å². The number of benzene rings is 2. The van der Waals surface area contributed by atoms with E-state index in [4.69, 9.17) is 5.11 Å². The predicted octanol–water partition coefficient (Wildman–Crippen LogP) is 4.81. The van der Waals surface area contributed by atoms with E-state index in [-0.39, 0.29) is 11.0 Å². The van der Waals surface area contributed by atoms with Crippen LogP contribution in [0.25, 0.3) is 6.08 Å². The highest BCUT2D eigenvalue weighted by molar-refractivity contribution is 5.94. The van der Waals surface area contributed by atoms with Crippen molar-refractivity contribution in [3.05, 3.63) is 71.3 Å². The summed E-state index contributed by atoms with van der Waals surface area (Å²) < 4.78 is 0. The second kappa shape index (κ2) is 7.14. The molecule has 0 spiro atoms. The molecule has 0 radical (unpaired) electrons. The van der Waals surface area contributed by atoms with Crippen molar-refractivity contribution >= 4 is 17.7 Å². The molecule has 2 aromatic carbocycles. The number of hydrogen-bond donors (Lipinski definition) is 2. The Morgan fingerprint density at radius 2 is 1.74 bits per heavy atom. The predicted molar refractivity (Wildman–Crippen MR) is 96.1 cm³/mol. The number of carboxylic acid groups (broad SMARTS) is 1. The normalized spacial score (nSPS) is 11.6. The molecule has 23 heavy (non-hydrogen) atoms. The first kappa shape index (κ1) is 16.8. The third kappa shape index (κ3) is 4.71. The van der Waals surface area contributed by atoms with Gasteiger partial charge in [-0.1, -0.05) is 69.3 Å². The van der Waals surface area contributed by atoms with Crippen LogP contribution in [0, 0.1) is 0 Å². The van der Waals surface area contributed by atoms with E-state index in [1.54, 1.807) is 18.2 Å². The maximum absolute atomic E-state index is 11.1. The molecule has 120 valence electrons. The highest BCUT2D eigenvalue weighted by atomic mass is 16.4. The maximum atomic E-state index is 11.1. The fraction of sp³-hybridized carbons (Fsp3) is 0.250. The van der Waals surface area contributed by atoms with Crippen molar-refractivity contribution < 1.29 is 9.90 Å².